The molecule has 0 aliphatic rings. The van der Waals surface area contributed by atoms with Gasteiger partial charge in [0.15, 0.2) is 5.82 Å². The molecule has 5 nitrogen and oxygen atoms in total. The fourth-order valence-corrected chi connectivity index (χ4v) is 3.02. The van der Waals surface area contributed by atoms with Crippen LogP contribution < -0.4 is 0 Å². The van der Waals surface area contributed by atoms with Gasteiger partial charge in [-0.25, -0.2) is 8.42 Å². The van der Waals surface area contributed by atoms with Crippen molar-refractivity contribution in [3.63, 3.8) is 0 Å². The van der Waals surface area contributed by atoms with Gasteiger partial charge in [0, 0.05) is 27.8 Å². The highest BCUT2D eigenvalue weighted by molar-refractivity contribution is 8.13. The lowest BCUT2D eigenvalue weighted by molar-refractivity contribution is 0.488. The van der Waals surface area contributed by atoms with Gasteiger partial charge in [0.1, 0.15) is 0 Å². The average molecular weight is 348 g/mol. The zero-order chi connectivity index (χ0) is 15.8. The third-order valence-electron chi connectivity index (χ3n) is 2.90. The van der Waals surface area contributed by atoms with Gasteiger partial charge in [-0.2, -0.15) is 0 Å². The molecule has 0 unspecified atom stereocenters. The van der Waals surface area contributed by atoms with Crippen LogP contribution in [0.3, 0.4) is 0 Å². The van der Waals surface area contributed by atoms with Crippen LogP contribution in [-0.4, -0.2) is 23.2 Å². The van der Waals surface area contributed by atoms with Crippen LogP contribution in [0.15, 0.2) is 23.4 Å². The summed E-state index contributed by atoms with van der Waals surface area (Å²) in [5, 5.41) is 8.11. The van der Waals surface area contributed by atoms with Crippen molar-refractivity contribution in [3.8, 4) is 11.4 Å². The quantitative estimate of drug-likeness (QED) is 0.794. The lowest BCUT2D eigenvalue weighted by Gasteiger charge is -2.12. The van der Waals surface area contributed by atoms with Gasteiger partial charge in [0.2, 0.25) is 0 Å². The van der Waals surface area contributed by atoms with Crippen molar-refractivity contribution in [1.82, 2.24) is 14.8 Å². The first-order valence-corrected chi connectivity index (χ1v) is 9.03. The van der Waals surface area contributed by atoms with Crippen molar-refractivity contribution in [3.05, 3.63) is 28.8 Å². The molecule has 0 amide bonds. The summed E-state index contributed by atoms with van der Waals surface area (Å²) >= 11 is 6.01. The molecule has 0 saturated heterocycles. The molecule has 0 fully saturated rings. The molecular formula is C13H15Cl2N3O2S. The molecule has 0 aliphatic heterocycles. The van der Waals surface area contributed by atoms with Gasteiger partial charge in [0.05, 0.1) is 0 Å². The highest BCUT2D eigenvalue weighted by Crippen LogP contribution is 2.26. The van der Waals surface area contributed by atoms with Crippen LogP contribution in [0.2, 0.25) is 5.02 Å². The van der Waals surface area contributed by atoms with Crippen LogP contribution in [0, 0.1) is 12.8 Å². The van der Waals surface area contributed by atoms with E-state index in [1.807, 2.05) is 26.8 Å². The molecule has 2 rings (SSSR count). The fourth-order valence-electron chi connectivity index (χ4n) is 2.00. The van der Waals surface area contributed by atoms with Crippen LogP contribution in [-0.2, 0) is 15.6 Å². The number of hydrogen-bond acceptors (Lipinski definition) is 4. The summed E-state index contributed by atoms with van der Waals surface area (Å²) in [7, 11) is 1.48. The molecule has 1 aromatic carbocycles. The maximum atomic E-state index is 11.6. The standard InChI is InChI=1S/C13H15Cl2N3O2S/c1-8(2)7-18-12(16-17-13(18)21(15,19)20)10-4-5-11(14)9(3)6-10/h4-6,8H,7H2,1-3H3. The molecule has 0 atom stereocenters. The first-order chi connectivity index (χ1) is 9.70. The minimum Gasteiger partial charge on any atom is -0.297 e. The Bertz CT molecular complexity index is 770. The van der Waals surface area contributed by atoms with Crippen molar-refractivity contribution in [2.24, 2.45) is 5.92 Å². The van der Waals surface area contributed by atoms with E-state index in [9.17, 15) is 8.42 Å². The zero-order valence-electron chi connectivity index (χ0n) is 11.8. The highest BCUT2D eigenvalue weighted by atomic mass is 35.7. The van der Waals surface area contributed by atoms with E-state index in [0.717, 1.165) is 11.1 Å². The first kappa shape index (κ1) is 16.3. The van der Waals surface area contributed by atoms with E-state index < -0.39 is 9.05 Å². The second kappa shape index (κ2) is 5.94. The molecule has 0 N–H and O–H groups in total. The van der Waals surface area contributed by atoms with Gasteiger partial charge in [-0.1, -0.05) is 25.4 Å². The molecule has 0 spiro atoms. The normalized spacial score (nSPS) is 12.1. The Balaban J connectivity index is 2.63. The minimum absolute atomic E-state index is 0.213. The maximum absolute atomic E-state index is 11.6. The van der Waals surface area contributed by atoms with Crippen molar-refractivity contribution < 1.29 is 8.42 Å². The smallest absolute Gasteiger partial charge is 0.296 e. The number of hydrogen-bond donors (Lipinski definition) is 0. The number of benzene rings is 1. The van der Waals surface area contributed by atoms with Gasteiger partial charge in [-0.05, 0) is 36.6 Å². The summed E-state index contributed by atoms with van der Waals surface area (Å²) in [6.45, 7) is 6.27. The van der Waals surface area contributed by atoms with Gasteiger partial charge in [-0.3, -0.25) is 4.57 Å². The Hall–Kier alpha value is -1.11. The van der Waals surface area contributed by atoms with E-state index in [-0.39, 0.29) is 11.1 Å². The number of nitrogens with zero attached hydrogens (tertiary/aromatic N) is 3. The van der Waals surface area contributed by atoms with Gasteiger partial charge >= 0.3 is 0 Å². The molecule has 21 heavy (non-hydrogen) atoms. The van der Waals surface area contributed by atoms with E-state index in [0.29, 0.717) is 17.4 Å². The molecule has 8 heteroatoms. The second-order valence-electron chi connectivity index (χ2n) is 5.21. The molecule has 0 bridgehead atoms. The molecular weight excluding hydrogens is 333 g/mol. The van der Waals surface area contributed by atoms with E-state index in [1.165, 1.54) is 4.57 Å². The molecule has 0 saturated carbocycles. The lowest BCUT2D eigenvalue weighted by atomic mass is 10.1. The number of aromatic nitrogens is 3. The van der Waals surface area contributed by atoms with Crippen molar-refractivity contribution in [2.75, 3.05) is 0 Å². The molecule has 0 aliphatic carbocycles. The topological polar surface area (TPSA) is 64.8 Å². The number of aryl methyl sites for hydroxylation is 1. The Morgan fingerprint density at radius 1 is 1.29 bits per heavy atom. The summed E-state index contributed by atoms with van der Waals surface area (Å²) < 4.78 is 24.8. The molecule has 2 aromatic rings. The van der Waals surface area contributed by atoms with E-state index in [4.69, 9.17) is 22.3 Å². The van der Waals surface area contributed by atoms with E-state index >= 15 is 0 Å². The summed E-state index contributed by atoms with van der Waals surface area (Å²) in [5.41, 5.74) is 1.63. The Labute approximate surface area is 133 Å². The van der Waals surface area contributed by atoms with E-state index in [1.54, 1.807) is 12.1 Å². The van der Waals surface area contributed by atoms with Crippen LogP contribution in [0.25, 0.3) is 11.4 Å². The van der Waals surface area contributed by atoms with Gasteiger partial charge in [0.25, 0.3) is 14.2 Å². The summed E-state index contributed by atoms with van der Waals surface area (Å²) in [6.07, 6.45) is 0. The third-order valence-corrected chi connectivity index (χ3v) is 4.48. The largest absolute Gasteiger partial charge is 0.297 e. The Morgan fingerprint density at radius 3 is 2.48 bits per heavy atom. The van der Waals surface area contributed by atoms with Crippen LogP contribution in [0.1, 0.15) is 19.4 Å². The first-order valence-electron chi connectivity index (χ1n) is 6.34. The number of rotatable bonds is 4. The average Bonchev–Trinajstić information content (AvgIpc) is 2.75. The fraction of sp³-hybridized carbons (Fsp3) is 0.385. The molecule has 0 radical (unpaired) electrons. The molecule has 1 aromatic heterocycles. The Kier molecular flexibility index (Phi) is 4.60. The lowest BCUT2D eigenvalue weighted by Crippen LogP contribution is -2.11. The summed E-state index contributed by atoms with van der Waals surface area (Å²) in [5.74, 6) is 0.674. The highest BCUT2D eigenvalue weighted by Gasteiger charge is 2.24. The Morgan fingerprint density at radius 2 is 1.95 bits per heavy atom. The monoisotopic (exact) mass is 347 g/mol. The van der Waals surface area contributed by atoms with Crippen LogP contribution in [0.5, 0.6) is 0 Å². The van der Waals surface area contributed by atoms with Crippen LogP contribution in [0.4, 0.5) is 0 Å². The van der Waals surface area contributed by atoms with Gasteiger partial charge in [-0.15, -0.1) is 10.2 Å². The van der Waals surface area contributed by atoms with Crippen molar-refractivity contribution >= 4 is 31.3 Å². The predicted molar refractivity (Wildman–Crippen MR) is 83.1 cm³/mol. The maximum Gasteiger partial charge on any atom is 0.296 e. The third kappa shape index (κ3) is 3.56. The van der Waals surface area contributed by atoms with Crippen molar-refractivity contribution in [2.45, 2.75) is 32.5 Å². The van der Waals surface area contributed by atoms with Gasteiger partial charge < -0.3 is 0 Å². The van der Waals surface area contributed by atoms with Crippen LogP contribution >= 0.6 is 22.3 Å². The minimum atomic E-state index is -3.95. The second-order valence-corrected chi connectivity index (χ2v) is 8.08. The van der Waals surface area contributed by atoms with Crippen molar-refractivity contribution in [1.29, 1.82) is 0 Å². The summed E-state index contributed by atoms with van der Waals surface area (Å²) in [6, 6.07) is 5.37. The molecule has 1 heterocycles. The molecule has 114 valence electrons. The zero-order valence-corrected chi connectivity index (χ0v) is 14.2. The predicted octanol–water partition coefficient (Wildman–Crippen LogP) is 3.49. The van der Waals surface area contributed by atoms with E-state index in [2.05, 4.69) is 10.2 Å². The number of halogens is 2. The SMILES string of the molecule is Cc1cc(-c2nnc(S(=O)(=O)Cl)n2CC(C)C)ccc1Cl. The summed E-state index contributed by atoms with van der Waals surface area (Å²) in [4.78, 5) is 0.